The second kappa shape index (κ2) is 5.62. The molecule has 0 saturated heterocycles. The van der Waals surface area contributed by atoms with Crippen LogP contribution in [0.2, 0.25) is 0 Å². The molecule has 0 aliphatic rings. The number of rotatable bonds is 5. The van der Waals surface area contributed by atoms with Crippen molar-refractivity contribution in [2.75, 3.05) is 27.9 Å². The van der Waals surface area contributed by atoms with Crippen molar-refractivity contribution < 1.29 is 9.47 Å². The number of methoxy groups -OCH3 is 2. The van der Waals surface area contributed by atoms with Crippen molar-refractivity contribution in [3.8, 4) is 5.75 Å². The molecule has 0 radical (unpaired) electrons. The monoisotopic (exact) mass is 195 g/mol. The van der Waals surface area contributed by atoms with Gasteiger partial charge in [0.15, 0.2) is 0 Å². The zero-order valence-electron chi connectivity index (χ0n) is 8.91. The molecule has 0 fully saturated rings. The second-order valence-corrected chi connectivity index (χ2v) is 3.07. The number of hydrogen-bond acceptors (Lipinski definition) is 3. The van der Waals surface area contributed by atoms with Gasteiger partial charge in [-0.25, -0.2) is 0 Å². The molecule has 0 amide bonds. The van der Waals surface area contributed by atoms with Crippen LogP contribution >= 0.6 is 0 Å². The van der Waals surface area contributed by atoms with Gasteiger partial charge in [0, 0.05) is 7.11 Å². The Morgan fingerprint density at radius 3 is 2.71 bits per heavy atom. The quantitative estimate of drug-likeness (QED) is 0.774. The Bertz CT molecular complexity index is 276. The molecule has 0 aliphatic carbocycles. The maximum absolute atomic E-state index is 5.16. The van der Waals surface area contributed by atoms with Crippen LogP contribution in [0.15, 0.2) is 24.3 Å². The van der Waals surface area contributed by atoms with Gasteiger partial charge in [-0.3, -0.25) is 0 Å². The lowest BCUT2D eigenvalue weighted by Crippen LogP contribution is -2.20. The third kappa shape index (κ3) is 2.72. The van der Waals surface area contributed by atoms with Crippen LogP contribution in [0.1, 0.15) is 11.6 Å². The molecule has 1 atom stereocenters. The highest BCUT2D eigenvalue weighted by Gasteiger charge is 2.08. The van der Waals surface area contributed by atoms with E-state index < -0.39 is 0 Å². The van der Waals surface area contributed by atoms with Gasteiger partial charge in [0.25, 0.3) is 0 Å². The van der Waals surface area contributed by atoms with E-state index in [9.17, 15) is 0 Å². The van der Waals surface area contributed by atoms with Gasteiger partial charge in [-0.1, -0.05) is 12.1 Å². The average Bonchev–Trinajstić information content (AvgIpc) is 2.26. The molecule has 14 heavy (non-hydrogen) atoms. The van der Waals surface area contributed by atoms with Crippen LogP contribution in [0, 0.1) is 0 Å². The van der Waals surface area contributed by atoms with Crippen molar-refractivity contribution >= 4 is 0 Å². The summed E-state index contributed by atoms with van der Waals surface area (Å²) in [6.45, 7) is 0.656. The van der Waals surface area contributed by atoms with E-state index in [-0.39, 0.29) is 6.04 Å². The zero-order chi connectivity index (χ0) is 10.4. The van der Waals surface area contributed by atoms with E-state index in [4.69, 9.17) is 9.47 Å². The highest BCUT2D eigenvalue weighted by molar-refractivity contribution is 5.30. The summed E-state index contributed by atoms with van der Waals surface area (Å²) in [5.74, 6) is 0.874. The van der Waals surface area contributed by atoms with Gasteiger partial charge in [-0.05, 0) is 24.7 Å². The van der Waals surface area contributed by atoms with Crippen molar-refractivity contribution in [1.82, 2.24) is 5.32 Å². The second-order valence-electron chi connectivity index (χ2n) is 3.07. The highest BCUT2D eigenvalue weighted by Crippen LogP contribution is 2.18. The molecule has 3 heteroatoms. The highest BCUT2D eigenvalue weighted by atomic mass is 16.5. The third-order valence-electron chi connectivity index (χ3n) is 2.18. The standard InChI is InChI=1S/C11H17NO2/c1-12-11(8-13-2)9-5-4-6-10(7-9)14-3/h4-7,11-12H,8H2,1-3H3. The van der Waals surface area contributed by atoms with E-state index in [0.29, 0.717) is 6.61 Å². The summed E-state index contributed by atoms with van der Waals surface area (Å²) in [6.07, 6.45) is 0. The maximum atomic E-state index is 5.16. The fourth-order valence-electron chi connectivity index (χ4n) is 1.37. The lowest BCUT2D eigenvalue weighted by atomic mass is 10.1. The molecule has 1 N–H and O–H groups in total. The minimum absolute atomic E-state index is 0.218. The van der Waals surface area contributed by atoms with Gasteiger partial charge in [0.05, 0.1) is 19.8 Å². The zero-order valence-corrected chi connectivity index (χ0v) is 8.91. The van der Waals surface area contributed by atoms with Gasteiger partial charge in [-0.15, -0.1) is 0 Å². The fraction of sp³-hybridized carbons (Fsp3) is 0.455. The van der Waals surface area contributed by atoms with Crippen molar-refractivity contribution in [3.05, 3.63) is 29.8 Å². The maximum Gasteiger partial charge on any atom is 0.119 e. The Morgan fingerprint density at radius 1 is 1.36 bits per heavy atom. The van der Waals surface area contributed by atoms with Crippen molar-refractivity contribution in [2.45, 2.75) is 6.04 Å². The summed E-state index contributed by atoms with van der Waals surface area (Å²) >= 11 is 0. The van der Waals surface area contributed by atoms with Crippen LogP contribution in [-0.4, -0.2) is 27.9 Å². The largest absolute Gasteiger partial charge is 0.497 e. The number of hydrogen-bond donors (Lipinski definition) is 1. The summed E-state index contributed by atoms with van der Waals surface area (Å²) in [5, 5.41) is 3.19. The molecule has 0 aromatic heterocycles. The van der Waals surface area contributed by atoms with E-state index in [1.807, 2.05) is 25.2 Å². The Morgan fingerprint density at radius 2 is 2.14 bits per heavy atom. The molecular weight excluding hydrogens is 178 g/mol. The fourth-order valence-corrected chi connectivity index (χ4v) is 1.37. The molecule has 3 nitrogen and oxygen atoms in total. The van der Waals surface area contributed by atoms with Crippen LogP contribution in [0.3, 0.4) is 0 Å². The van der Waals surface area contributed by atoms with Gasteiger partial charge >= 0.3 is 0 Å². The van der Waals surface area contributed by atoms with Crippen molar-refractivity contribution in [2.24, 2.45) is 0 Å². The molecular formula is C11H17NO2. The summed E-state index contributed by atoms with van der Waals surface area (Å²) in [4.78, 5) is 0. The summed E-state index contributed by atoms with van der Waals surface area (Å²) in [6, 6.07) is 8.20. The molecule has 1 aromatic carbocycles. The first kappa shape index (κ1) is 11.0. The minimum Gasteiger partial charge on any atom is -0.497 e. The number of likely N-dealkylation sites (N-methyl/N-ethyl adjacent to an activating group) is 1. The van der Waals surface area contributed by atoms with Gasteiger partial charge in [0.2, 0.25) is 0 Å². The smallest absolute Gasteiger partial charge is 0.119 e. The lowest BCUT2D eigenvalue weighted by Gasteiger charge is -2.16. The number of nitrogens with one attached hydrogen (secondary N) is 1. The van der Waals surface area contributed by atoms with Crippen LogP contribution in [0.25, 0.3) is 0 Å². The predicted octanol–water partition coefficient (Wildman–Crippen LogP) is 1.60. The van der Waals surface area contributed by atoms with Crippen molar-refractivity contribution in [1.29, 1.82) is 0 Å². The van der Waals surface area contributed by atoms with E-state index in [0.717, 1.165) is 5.75 Å². The normalized spacial score (nSPS) is 12.5. The predicted molar refractivity (Wildman–Crippen MR) is 56.7 cm³/mol. The van der Waals surface area contributed by atoms with Gasteiger partial charge in [0.1, 0.15) is 5.75 Å². The topological polar surface area (TPSA) is 30.5 Å². The summed E-state index contributed by atoms with van der Waals surface area (Å²) in [5.41, 5.74) is 1.17. The lowest BCUT2D eigenvalue weighted by molar-refractivity contribution is 0.170. The Labute approximate surface area is 85.0 Å². The summed E-state index contributed by atoms with van der Waals surface area (Å²) in [7, 11) is 5.29. The molecule has 1 rings (SSSR count). The van der Waals surface area contributed by atoms with Crippen molar-refractivity contribution in [3.63, 3.8) is 0 Å². The van der Waals surface area contributed by atoms with E-state index in [1.165, 1.54) is 5.56 Å². The van der Waals surface area contributed by atoms with Crippen LogP contribution < -0.4 is 10.1 Å². The van der Waals surface area contributed by atoms with E-state index >= 15 is 0 Å². The molecule has 0 heterocycles. The molecule has 78 valence electrons. The SMILES string of the molecule is CNC(COC)c1cccc(OC)c1. The summed E-state index contributed by atoms with van der Waals surface area (Å²) < 4.78 is 10.3. The van der Waals surface area contributed by atoms with Gasteiger partial charge in [-0.2, -0.15) is 0 Å². The average molecular weight is 195 g/mol. The third-order valence-corrected chi connectivity index (χ3v) is 2.18. The van der Waals surface area contributed by atoms with Crippen LogP contribution in [0.4, 0.5) is 0 Å². The van der Waals surface area contributed by atoms with Crippen LogP contribution in [-0.2, 0) is 4.74 Å². The number of ether oxygens (including phenoxy) is 2. The molecule has 1 aromatic rings. The Balaban J connectivity index is 2.80. The minimum atomic E-state index is 0.218. The Kier molecular flexibility index (Phi) is 4.43. The first-order valence-electron chi connectivity index (χ1n) is 4.62. The Hall–Kier alpha value is -1.06. The molecule has 0 saturated carbocycles. The first-order chi connectivity index (χ1) is 6.81. The van der Waals surface area contributed by atoms with Crippen LogP contribution in [0.5, 0.6) is 5.75 Å². The molecule has 0 aliphatic heterocycles. The van der Waals surface area contributed by atoms with E-state index in [2.05, 4.69) is 11.4 Å². The van der Waals surface area contributed by atoms with E-state index in [1.54, 1.807) is 14.2 Å². The van der Waals surface area contributed by atoms with Gasteiger partial charge < -0.3 is 14.8 Å². The molecule has 0 spiro atoms. The molecule has 0 bridgehead atoms. The molecule has 1 unspecified atom stereocenters. The first-order valence-corrected chi connectivity index (χ1v) is 4.62. The number of benzene rings is 1.